The SMILES string of the molecule is O=C1C(Cl)=C(Cl)C2(OCCO2)[C@@H]1Cl. The molecular weight excluding hydrogens is 238 g/mol. The number of hydrogen-bond acceptors (Lipinski definition) is 3. The number of ether oxygens (including phenoxy) is 2. The average molecular weight is 243 g/mol. The first-order valence-electron chi connectivity index (χ1n) is 3.61. The molecule has 0 amide bonds. The van der Waals surface area contributed by atoms with Gasteiger partial charge in [-0.25, -0.2) is 0 Å². The van der Waals surface area contributed by atoms with Gasteiger partial charge in [0.2, 0.25) is 5.79 Å². The Morgan fingerprint density at radius 2 is 1.85 bits per heavy atom. The molecule has 0 aromatic rings. The van der Waals surface area contributed by atoms with Crippen molar-refractivity contribution in [1.82, 2.24) is 0 Å². The second kappa shape index (κ2) is 3.11. The number of carbonyl (C=O) groups is 1. The van der Waals surface area contributed by atoms with E-state index in [2.05, 4.69) is 0 Å². The van der Waals surface area contributed by atoms with E-state index in [4.69, 9.17) is 44.3 Å². The Bertz CT molecular complexity index is 293. The summed E-state index contributed by atoms with van der Waals surface area (Å²) in [5.41, 5.74) is 0. The maximum Gasteiger partial charge on any atom is 0.232 e. The number of hydrogen-bond donors (Lipinski definition) is 0. The fourth-order valence-corrected chi connectivity index (χ4v) is 2.37. The van der Waals surface area contributed by atoms with Gasteiger partial charge in [-0.15, -0.1) is 11.6 Å². The Morgan fingerprint density at radius 1 is 1.31 bits per heavy atom. The largest absolute Gasteiger partial charge is 0.341 e. The third kappa shape index (κ3) is 1.15. The number of halogens is 3. The van der Waals surface area contributed by atoms with Crippen LogP contribution in [-0.2, 0) is 14.3 Å². The zero-order valence-electron chi connectivity index (χ0n) is 6.35. The lowest BCUT2D eigenvalue weighted by Crippen LogP contribution is -2.40. The smallest absolute Gasteiger partial charge is 0.232 e. The summed E-state index contributed by atoms with van der Waals surface area (Å²) in [4.78, 5) is 11.3. The molecule has 1 aliphatic heterocycles. The normalized spacial score (nSPS) is 32.2. The second-order valence-electron chi connectivity index (χ2n) is 2.72. The zero-order valence-corrected chi connectivity index (χ0v) is 8.62. The van der Waals surface area contributed by atoms with Gasteiger partial charge in [0.1, 0.15) is 10.1 Å². The lowest BCUT2D eigenvalue weighted by Gasteiger charge is -2.24. The summed E-state index contributed by atoms with van der Waals surface area (Å²) in [6, 6.07) is 0. The molecule has 1 atom stereocenters. The molecule has 1 heterocycles. The molecule has 72 valence electrons. The highest BCUT2D eigenvalue weighted by atomic mass is 35.5. The molecule has 0 unspecified atom stereocenters. The van der Waals surface area contributed by atoms with Crippen molar-refractivity contribution in [2.75, 3.05) is 13.2 Å². The van der Waals surface area contributed by atoms with Gasteiger partial charge in [0.15, 0.2) is 11.2 Å². The van der Waals surface area contributed by atoms with Crippen LogP contribution >= 0.6 is 34.8 Å². The van der Waals surface area contributed by atoms with Crippen molar-refractivity contribution in [2.24, 2.45) is 0 Å². The third-order valence-electron chi connectivity index (χ3n) is 2.00. The van der Waals surface area contributed by atoms with Crippen molar-refractivity contribution in [3.8, 4) is 0 Å². The van der Waals surface area contributed by atoms with Gasteiger partial charge in [-0.1, -0.05) is 23.2 Å². The molecular formula is C7H5Cl3O3. The van der Waals surface area contributed by atoms with E-state index < -0.39 is 16.9 Å². The van der Waals surface area contributed by atoms with Crippen LogP contribution in [0.25, 0.3) is 0 Å². The molecule has 0 N–H and O–H groups in total. The summed E-state index contributed by atoms with van der Waals surface area (Å²) in [6.45, 7) is 0.716. The minimum absolute atomic E-state index is 0.0525. The summed E-state index contributed by atoms with van der Waals surface area (Å²) in [6.07, 6.45) is 0. The van der Waals surface area contributed by atoms with Gasteiger partial charge in [-0.05, 0) is 0 Å². The Kier molecular flexibility index (Phi) is 2.33. The molecule has 0 aromatic carbocycles. The van der Waals surface area contributed by atoms with Crippen LogP contribution in [0.1, 0.15) is 0 Å². The number of rotatable bonds is 0. The van der Waals surface area contributed by atoms with E-state index >= 15 is 0 Å². The number of ketones is 1. The van der Waals surface area contributed by atoms with Crippen molar-refractivity contribution < 1.29 is 14.3 Å². The number of alkyl halides is 1. The minimum Gasteiger partial charge on any atom is -0.341 e. The van der Waals surface area contributed by atoms with Gasteiger partial charge in [0, 0.05) is 0 Å². The van der Waals surface area contributed by atoms with Crippen molar-refractivity contribution >= 4 is 40.6 Å². The predicted octanol–water partition coefficient (Wildman–Crippen LogP) is 1.61. The van der Waals surface area contributed by atoms with Crippen LogP contribution in [0, 0.1) is 0 Å². The summed E-state index contributed by atoms with van der Waals surface area (Å²) in [5.74, 6) is -1.77. The molecule has 0 aromatic heterocycles. The van der Waals surface area contributed by atoms with E-state index in [0.29, 0.717) is 13.2 Å². The molecule has 1 fully saturated rings. The molecule has 3 nitrogen and oxygen atoms in total. The molecule has 1 spiro atoms. The topological polar surface area (TPSA) is 35.5 Å². The van der Waals surface area contributed by atoms with Gasteiger partial charge in [0.25, 0.3) is 0 Å². The third-order valence-corrected chi connectivity index (χ3v) is 3.40. The minimum atomic E-state index is -1.32. The van der Waals surface area contributed by atoms with Crippen LogP contribution in [0.5, 0.6) is 0 Å². The van der Waals surface area contributed by atoms with Crippen LogP contribution in [0.4, 0.5) is 0 Å². The summed E-state index contributed by atoms with van der Waals surface area (Å²) in [5, 5.41) is -1.02. The van der Waals surface area contributed by atoms with Crippen LogP contribution in [0.15, 0.2) is 10.1 Å². The van der Waals surface area contributed by atoms with Crippen molar-refractivity contribution in [1.29, 1.82) is 0 Å². The highest BCUT2D eigenvalue weighted by Gasteiger charge is 2.57. The van der Waals surface area contributed by atoms with Gasteiger partial charge in [0.05, 0.1) is 13.2 Å². The highest BCUT2D eigenvalue weighted by Crippen LogP contribution is 2.46. The maximum absolute atomic E-state index is 11.3. The molecule has 0 bridgehead atoms. The molecule has 0 saturated carbocycles. The fourth-order valence-electron chi connectivity index (χ4n) is 1.36. The molecule has 1 saturated heterocycles. The second-order valence-corrected chi connectivity index (χ2v) is 3.91. The summed E-state index contributed by atoms with van der Waals surface area (Å²) >= 11 is 17.2. The lowest BCUT2D eigenvalue weighted by atomic mass is 10.2. The lowest BCUT2D eigenvalue weighted by molar-refractivity contribution is -0.135. The van der Waals surface area contributed by atoms with Gasteiger partial charge in [-0.2, -0.15) is 0 Å². The standard InChI is InChI=1S/C7H5Cl3O3/c8-3-4(11)6(10)7(5(3)9)12-1-2-13-7/h6H,1-2H2/t6-/m1/s1. The van der Waals surface area contributed by atoms with E-state index in [1.165, 1.54) is 0 Å². The molecule has 2 aliphatic rings. The summed E-state index contributed by atoms with van der Waals surface area (Å²) < 4.78 is 10.4. The van der Waals surface area contributed by atoms with Crippen LogP contribution in [0.2, 0.25) is 0 Å². The molecule has 2 rings (SSSR count). The number of carbonyl (C=O) groups excluding carboxylic acids is 1. The van der Waals surface area contributed by atoms with E-state index in [9.17, 15) is 4.79 Å². The Labute approximate surface area is 89.5 Å². The predicted molar refractivity (Wildman–Crippen MR) is 48.0 cm³/mol. The average Bonchev–Trinajstić information content (AvgIpc) is 2.67. The first-order chi connectivity index (χ1) is 6.09. The van der Waals surface area contributed by atoms with E-state index in [0.717, 1.165) is 0 Å². The molecule has 1 aliphatic carbocycles. The van der Waals surface area contributed by atoms with E-state index in [1.807, 2.05) is 0 Å². The van der Waals surface area contributed by atoms with Crippen molar-refractivity contribution in [3.63, 3.8) is 0 Å². The van der Waals surface area contributed by atoms with E-state index in [-0.39, 0.29) is 10.1 Å². The monoisotopic (exact) mass is 242 g/mol. The van der Waals surface area contributed by atoms with Gasteiger partial charge >= 0.3 is 0 Å². The Morgan fingerprint density at radius 3 is 2.23 bits per heavy atom. The molecule has 13 heavy (non-hydrogen) atoms. The van der Waals surface area contributed by atoms with Crippen molar-refractivity contribution in [3.05, 3.63) is 10.1 Å². The van der Waals surface area contributed by atoms with E-state index in [1.54, 1.807) is 0 Å². The first kappa shape index (κ1) is 9.74. The van der Waals surface area contributed by atoms with Crippen LogP contribution in [0.3, 0.4) is 0 Å². The molecule has 6 heteroatoms. The van der Waals surface area contributed by atoms with Crippen molar-refractivity contribution in [2.45, 2.75) is 11.2 Å². The Balaban J connectivity index is 2.45. The maximum atomic E-state index is 11.3. The first-order valence-corrected chi connectivity index (χ1v) is 4.81. The molecule has 0 radical (unpaired) electrons. The summed E-state index contributed by atoms with van der Waals surface area (Å²) in [7, 11) is 0. The van der Waals surface area contributed by atoms with Crippen LogP contribution in [-0.4, -0.2) is 30.2 Å². The zero-order chi connectivity index (χ0) is 9.64. The van der Waals surface area contributed by atoms with Gasteiger partial charge in [-0.3, -0.25) is 4.79 Å². The number of allylic oxidation sites excluding steroid dienone is 1. The highest BCUT2D eigenvalue weighted by molar-refractivity contribution is 6.55. The van der Waals surface area contributed by atoms with Gasteiger partial charge < -0.3 is 9.47 Å². The van der Waals surface area contributed by atoms with Crippen LogP contribution < -0.4 is 0 Å². The quantitative estimate of drug-likeness (QED) is 0.606. The Hall–Kier alpha value is 0.200. The fraction of sp³-hybridized carbons (Fsp3) is 0.571. The number of Topliss-reactive ketones (excluding diaryl/α,β-unsaturated/α-hetero) is 1.